The predicted molar refractivity (Wildman–Crippen MR) is 110 cm³/mol. The summed E-state index contributed by atoms with van der Waals surface area (Å²) in [6.07, 6.45) is 5.38. The standard InChI is InChI=1S/C22H29N5O3/c1-13-5-6-18-15(10-13)19(25-30-18)22(29)27-8-3-4-14(11-27)20-23-17-7-9-26(2)12-16(17)21(28)24-20/h13-14H,3-12H2,1-2H3,(H,23,24,28)/t13-,14+/m0/s1. The van der Waals surface area contributed by atoms with Crippen LogP contribution < -0.4 is 5.56 Å². The second-order valence-electron chi connectivity index (χ2n) is 9.24. The highest BCUT2D eigenvalue weighted by atomic mass is 16.5. The maximum Gasteiger partial charge on any atom is 0.276 e. The van der Waals surface area contributed by atoms with Gasteiger partial charge in [0.15, 0.2) is 5.69 Å². The third-order valence-electron chi connectivity index (χ3n) is 6.86. The third-order valence-corrected chi connectivity index (χ3v) is 6.86. The first kappa shape index (κ1) is 19.5. The molecule has 1 N–H and O–H groups in total. The zero-order chi connectivity index (χ0) is 20.8. The minimum absolute atomic E-state index is 0.0374. The number of hydrogen-bond acceptors (Lipinski definition) is 6. The fraction of sp³-hybridized carbons (Fsp3) is 0.636. The van der Waals surface area contributed by atoms with Crippen LogP contribution in [0.4, 0.5) is 0 Å². The van der Waals surface area contributed by atoms with Gasteiger partial charge in [0, 0.05) is 50.5 Å². The number of nitrogens with one attached hydrogen (secondary N) is 1. The molecule has 1 amide bonds. The molecule has 3 aliphatic rings. The summed E-state index contributed by atoms with van der Waals surface area (Å²) in [5.41, 5.74) is 3.12. The summed E-state index contributed by atoms with van der Waals surface area (Å²) in [7, 11) is 2.02. The van der Waals surface area contributed by atoms with Crippen LogP contribution in [-0.4, -0.2) is 57.5 Å². The summed E-state index contributed by atoms with van der Waals surface area (Å²) in [5, 5.41) is 4.14. The second kappa shape index (κ2) is 7.65. The fourth-order valence-electron chi connectivity index (χ4n) is 5.05. The van der Waals surface area contributed by atoms with Gasteiger partial charge in [-0.1, -0.05) is 12.1 Å². The highest BCUT2D eigenvalue weighted by molar-refractivity contribution is 5.94. The molecule has 4 heterocycles. The molecule has 0 saturated carbocycles. The van der Waals surface area contributed by atoms with Gasteiger partial charge in [-0.2, -0.15) is 0 Å². The summed E-state index contributed by atoms with van der Waals surface area (Å²) in [6, 6.07) is 0. The van der Waals surface area contributed by atoms with Crippen molar-refractivity contribution >= 4 is 5.91 Å². The molecule has 160 valence electrons. The average molecular weight is 412 g/mol. The van der Waals surface area contributed by atoms with Crippen LogP contribution in [0.5, 0.6) is 0 Å². The average Bonchev–Trinajstić information content (AvgIpc) is 3.16. The molecule has 8 nitrogen and oxygen atoms in total. The van der Waals surface area contributed by atoms with E-state index in [0.29, 0.717) is 31.2 Å². The normalized spacial score (nSPS) is 24.4. The van der Waals surface area contributed by atoms with Gasteiger partial charge >= 0.3 is 0 Å². The van der Waals surface area contributed by atoms with Gasteiger partial charge in [-0.05, 0) is 38.6 Å². The van der Waals surface area contributed by atoms with Crippen molar-refractivity contribution in [1.29, 1.82) is 0 Å². The number of piperidine rings is 1. The lowest BCUT2D eigenvalue weighted by Crippen LogP contribution is -2.41. The first-order valence-corrected chi connectivity index (χ1v) is 11.1. The van der Waals surface area contributed by atoms with Crippen molar-refractivity contribution in [3.8, 4) is 0 Å². The maximum absolute atomic E-state index is 13.3. The van der Waals surface area contributed by atoms with E-state index in [9.17, 15) is 9.59 Å². The van der Waals surface area contributed by atoms with Crippen molar-refractivity contribution in [2.24, 2.45) is 5.92 Å². The topological polar surface area (TPSA) is 95.3 Å². The molecule has 1 saturated heterocycles. The number of carbonyl (C=O) groups is 1. The summed E-state index contributed by atoms with van der Waals surface area (Å²) < 4.78 is 5.48. The van der Waals surface area contributed by atoms with Gasteiger partial charge in [-0.25, -0.2) is 4.98 Å². The lowest BCUT2D eigenvalue weighted by molar-refractivity contribution is 0.0692. The molecule has 2 aromatic heterocycles. The molecule has 0 bridgehead atoms. The van der Waals surface area contributed by atoms with Crippen LogP contribution in [0.25, 0.3) is 0 Å². The Morgan fingerprint density at radius 2 is 2.07 bits per heavy atom. The Morgan fingerprint density at radius 3 is 2.93 bits per heavy atom. The number of aromatic amines is 1. The molecular formula is C22H29N5O3. The number of hydrogen-bond donors (Lipinski definition) is 1. The van der Waals surface area contributed by atoms with Crippen LogP contribution in [0.15, 0.2) is 9.32 Å². The van der Waals surface area contributed by atoms with Crippen LogP contribution in [0.3, 0.4) is 0 Å². The smallest absolute Gasteiger partial charge is 0.276 e. The summed E-state index contributed by atoms with van der Waals surface area (Å²) in [4.78, 5) is 37.7. The van der Waals surface area contributed by atoms with Crippen LogP contribution in [0.1, 0.15) is 71.0 Å². The van der Waals surface area contributed by atoms with E-state index in [1.807, 2.05) is 11.9 Å². The minimum atomic E-state index is -0.0549. The van der Waals surface area contributed by atoms with Crippen LogP contribution in [0, 0.1) is 5.92 Å². The van der Waals surface area contributed by atoms with Gasteiger partial charge in [-0.15, -0.1) is 0 Å². The first-order valence-electron chi connectivity index (χ1n) is 11.1. The zero-order valence-electron chi connectivity index (χ0n) is 17.7. The van der Waals surface area contributed by atoms with Gasteiger partial charge in [0.2, 0.25) is 0 Å². The Labute approximate surface area is 175 Å². The van der Waals surface area contributed by atoms with Gasteiger partial charge in [0.1, 0.15) is 11.6 Å². The van der Waals surface area contributed by atoms with E-state index in [2.05, 4.69) is 22.0 Å². The molecule has 0 aromatic carbocycles. The van der Waals surface area contributed by atoms with E-state index in [4.69, 9.17) is 9.51 Å². The second-order valence-corrected chi connectivity index (χ2v) is 9.24. The van der Waals surface area contributed by atoms with E-state index >= 15 is 0 Å². The lowest BCUT2D eigenvalue weighted by atomic mass is 9.88. The van der Waals surface area contributed by atoms with Crippen LogP contribution in [-0.2, 0) is 25.8 Å². The number of H-pyrrole nitrogens is 1. The number of carbonyl (C=O) groups excluding carboxylic acids is 1. The quantitative estimate of drug-likeness (QED) is 0.811. The van der Waals surface area contributed by atoms with Crippen molar-refractivity contribution in [3.05, 3.63) is 44.5 Å². The molecule has 1 aliphatic carbocycles. The highest BCUT2D eigenvalue weighted by Crippen LogP contribution is 2.31. The number of aryl methyl sites for hydroxylation is 1. The molecule has 1 fully saturated rings. The third kappa shape index (κ3) is 3.47. The molecule has 2 aromatic rings. The molecule has 2 atom stereocenters. The first-order chi connectivity index (χ1) is 14.5. The van der Waals surface area contributed by atoms with Gasteiger partial charge in [0.05, 0.1) is 11.3 Å². The molecule has 5 rings (SSSR count). The summed E-state index contributed by atoms with van der Waals surface area (Å²) >= 11 is 0. The number of aromatic nitrogens is 3. The zero-order valence-corrected chi connectivity index (χ0v) is 17.7. The lowest BCUT2D eigenvalue weighted by Gasteiger charge is -2.32. The van der Waals surface area contributed by atoms with Crippen LogP contribution >= 0.6 is 0 Å². The SMILES string of the molecule is C[C@H]1CCc2onc(C(=O)N3CCC[C@@H](c4nc5c(c(=O)[nH]4)CN(C)CC5)C3)c2C1. The monoisotopic (exact) mass is 411 g/mol. The number of fused-ring (bicyclic) bond motifs is 2. The van der Waals surface area contributed by atoms with E-state index in [1.165, 1.54) is 0 Å². The molecule has 0 spiro atoms. The Kier molecular flexibility index (Phi) is 4.97. The number of likely N-dealkylation sites (tertiary alicyclic amines) is 1. The molecular weight excluding hydrogens is 382 g/mol. The van der Waals surface area contributed by atoms with Crippen molar-refractivity contribution in [2.45, 2.75) is 57.9 Å². The highest BCUT2D eigenvalue weighted by Gasteiger charge is 2.33. The van der Waals surface area contributed by atoms with Gasteiger partial charge in [0.25, 0.3) is 11.5 Å². The van der Waals surface area contributed by atoms with E-state index in [0.717, 1.165) is 73.5 Å². The molecule has 0 unspecified atom stereocenters. The minimum Gasteiger partial charge on any atom is -0.360 e. The number of rotatable bonds is 2. The summed E-state index contributed by atoms with van der Waals surface area (Å²) in [6.45, 7) is 5.01. The Balaban J connectivity index is 1.37. The van der Waals surface area contributed by atoms with Crippen LogP contribution in [0.2, 0.25) is 0 Å². The largest absolute Gasteiger partial charge is 0.360 e. The summed E-state index contributed by atoms with van der Waals surface area (Å²) in [5.74, 6) is 2.12. The molecule has 2 aliphatic heterocycles. The van der Waals surface area contributed by atoms with Gasteiger partial charge < -0.3 is 19.3 Å². The fourth-order valence-corrected chi connectivity index (χ4v) is 5.05. The van der Waals surface area contributed by atoms with Gasteiger partial charge in [-0.3, -0.25) is 9.59 Å². The number of likely N-dealkylation sites (N-methyl/N-ethyl adjacent to an activating group) is 1. The Morgan fingerprint density at radius 1 is 1.20 bits per heavy atom. The number of nitrogens with zero attached hydrogens (tertiary/aromatic N) is 4. The van der Waals surface area contributed by atoms with Crippen molar-refractivity contribution in [1.82, 2.24) is 24.9 Å². The van der Waals surface area contributed by atoms with E-state index in [1.54, 1.807) is 0 Å². The molecule has 8 heteroatoms. The van der Waals surface area contributed by atoms with E-state index < -0.39 is 0 Å². The molecule has 30 heavy (non-hydrogen) atoms. The van der Waals surface area contributed by atoms with E-state index in [-0.39, 0.29) is 17.4 Å². The Hall–Kier alpha value is -2.48. The predicted octanol–water partition coefficient (Wildman–Crippen LogP) is 1.89. The molecule has 0 radical (unpaired) electrons. The maximum atomic E-state index is 13.3. The van der Waals surface area contributed by atoms with Crippen molar-refractivity contribution in [2.75, 3.05) is 26.7 Å². The Bertz CT molecular complexity index is 1030. The number of amides is 1. The van der Waals surface area contributed by atoms with Crippen molar-refractivity contribution in [3.63, 3.8) is 0 Å². The van der Waals surface area contributed by atoms with Crippen molar-refractivity contribution < 1.29 is 9.32 Å².